The highest BCUT2D eigenvalue weighted by Crippen LogP contribution is 2.27. The van der Waals surface area contributed by atoms with E-state index < -0.39 is 35.6 Å². The minimum atomic E-state index is -3.55. The van der Waals surface area contributed by atoms with Crippen molar-refractivity contribution >= 4 is 11.8 Å². The molecule has 2 atom stereocenters. The van der Waals surface area contributed by atoms with Gasteiger partial charge in [0, 0.05) is 18.9 Å². The summed E-state index contributed by atoms with van der Waals surface area (Å²) in [4.78, 5) is 22.7. The van der Waals surface area contributed by atoms with Crippen molar-refractivity contribution in [2.75, 3.05) is 0 Å². The van der Waals surface area contributed by atoms with Gasteiger partial charge in [-0.05, 0) is 6.07 Å². The van der Waals surface area contributed by atoms with E-state index in [-0.39, 0.29) is 12.0 Å². The van der Waals surface area contributed by atoms with E-state index in [1.165, 1.54) is 18.2 Å². The second-order valence-electron chi connectivity index (χ2n) is 4.74. The Morgan fingerprint density at radius 2 is 2.05 bits per heavy atom. The lowest BCUT2D eigenvalue weighted by Gasteiger charge is -2.22. The number of rotatable bonds is 3. The van der Waals surface area contributed by atoms with Crippen LogP contribution < -0.4 is 10.6 Å². The Bertz CT molecular complexity index is 543. The van der Waals surface area contributed by atoms with Crippen molar-refractivity contribution in [1.29, 1.82) is 0 Å². The largest absolute Gasteiger partial charge is 0.347 e. The van der Waals surface area contributed by atoms with E-state index in [0.717, 1.165) is 0 Å². The van der Waals surface area contributed by atoms with Crippen LogP contribution in [0.2, 0.25) is 0 Å². The van der Waals surface area contributed by atoms with Gasteiger partial charge in [0.2, 0.25) is 5.91 Å². The molecule has 1 saturated heterocycles. The van der Waals surface area contributed by atoms with E-state index in [1.807, 2.05) is 0 Å². The van der Waals surface area contributed by atoms with Gasteiger partial charge in [0.25, 0.3) is 5.91 Å². The van der Waals surface area contributed by atoms with Gasteiger partial charge in [-0.2, -0.15) is 8.78 Å². The Kier molecular flexibility index (Phi) is 3.69. The molecule has 108 valence electrons. The Morgan fingerprint density at radius 1 is 1.40 bits per heavy atom. The van der Waals surface area contributed by atoms with Crippen LogP contribution in [-0.4, -0.2) is 23.8 Å². The molecule has 1 aromatic rings. The number of hydrogen-bond donors (Lipinski definition) is 2. The molecule has 7 heteroatoms. The van der Waals surface area contributed by atoms with Crippen LogP contribution in [0.3, 0.4) is 0 Å². The van der Waals surface area contributed by atoms with Crippen LogP contribution in [0.1, 0.15) is 24.9 Å². The summed E-state index contributed by atoms with van der Waals surface area (Å²) in [6.45, 7) is 0.463. The van der Waals surface area contributed by atoms with E-state index in [2.05, 4.69) is 10.6 Å². The van der Waals surface area contributed by atoms with Crippen LogP contribution >= 0.6 is 0 Å². The van der Waals surface area contributed by atoms with Gasteiger partial charge in [0.05, 0.1) is 12.1 Å². The fourth-order valence-electron chi connectivity index (χ4n) is 2.10. The van der Waals surface area contributed by atoms with Crippen LogP contribution in [0.4, 0.5) is 13.2 Å². The number of halogens is 3. The Balaban J connectivity index is 2.22. The summed E-state index contributed by atoms with van der Waals surface area (Å²) in [6.07, 6.45) is -0.166. The molecule has 0 bridgehead atoms. The van der Waals surface area contributed by atoms with E-state index in [9.17, 15) is 22.8 Å². The summed E-state index contributed by atoms with van der Waals surface area (Å²) in [5.74, 6) is -6.03. The second kappa shape index (κ2) is 5.15. The van der Waals surface area contributed by atoms with Crippen molar-refractivity contribution in [3.63, 3.8) is 0 Å². The monoisotopic (exact) mass is 286 g/mol. The number of alkyl halides is 2. The summed E-state index contributed by atoms with van der Waals surface area (Å²) >= 11 is 0. The van der Waals surface area contributed by atoms with Gasteiger partial charge in [0.1, 0.15) is 5.82 Å². The van der Waals surface area contributed by atoms with Crippen molar-refractivity contribution in [3.05, 3.63) is 35.6 Å². The molecule has 1 fully saturated rings. The highest BCUT2D eigenvalue weighted by atomic mass is 19.3. The predicted molar refractivity (Wildman–Crippen MR) is 64.5 cm³/mol. The molecule has 1 aliphatic heterocycles. The van der Waals surface area contributed by atoms with Gasteiger partial charge in [0.15, 0.2) is 0 Å². The number of amides is 2. The first-order valence-electron chi connectivity index (χ1n) is 6.01. The summed E-state index contributed by atoms with van der Waals surface area (Å²) in [5, 5.41) is 4.57. The summed E-state index contributed by atoms with van der Waals surface area (Å²) in [5.41, 5.74) is 0.156. The lowest BCUT2D eigenvalue weighted by atomic mass is 10.00. The molecule has 1 aliphatic rings. The van der Waals surface area contributed by atoms with Crippen molar-refractivity contribution in [2.45, 2.75) is 31.4 Å². The average molecular weight is 286 g/mol. The predicted octanol–water partition coefficient (Wildman–Crippen LogP) is 1.53. The van der Waals surface area contributed by atoms with Gasteiger partial charge in [-0.25, -0.2) is 4.39 Å². The summed E-state index contributed by atoms with van der Waals surface area (Å²) in [7, 11) is 0. The standard InChI is InChI=1S/C13H13F3N2O2/c1-13(15,16)12(20)17-9-6-10(19)18-11(9)7-4-2-3-5-8(7)14/h2-5,9,11H,6H2,1H3,(H,17,20)(H,18,19)/t9-,11?/m0/s1. The van der Waals surface area contributed by atoms with Crippen molar-refractivity contribution < 1.29 is 22.8 Å². The molecule has 1 unspecified atom stereocenters. The number of benzene rings is 1. The first-order chi connectivity index (χ1) is 9.29. The maximum Gasteiger partial charge on any atom is 0.321 e. The fourth-order valence-corrected chi connectivity index (χ4v) is 2.10. The molecule has 0 spiro atoms. The molecule has 0 aliphatic carbocycles. The van der Waals surface area contributed by atoms with Gasteiger partial charge in [-0.3, -0.25) is 9.59 Å². The zero-order valence-corrected chi connectivity index (χ0v) is 10.6. The topological polar surface area (TPSA) is 58.2 Å². The van der Waals surface area contributed by atoms with E-state index >= 15 is 0 Å². The fraction of sp³-hybridized carbons (Fsp3) is 0.385. The normalized spacial score (nSPS) is 22.5. The van der Waals surface area contributed by atoms with Crippen molar-refractivity contribution in [1.82, 2.24) is 10.6 Å². The Hall–Kier alpha value is -2.05. The molecular weight excluding hydrogens is 273 g/mol. The van der Waals surface area contributed by atoms with Gasteiger partial charge >= 0.3 is 5.92 Å². The molecule has 1 heterocycles. The highest BCUT2D eigenvalue weighted by Gasteiger charge is 2.40. The number of carbonyl (C=O) groups is 2. The average Bonchev–Trinajstić information content (AvgIpc) is 2.69. The molecule has 2 N–H and O–H groups in total. The summed E-state index contributed by atoms with van der Waals surface area (Å²) in [6, 6.07) is 3.93. The molecule has 2 amide bonds. The maximum absolute atomic E-state index is 13.7. The third kappa shape index (κ3) is 2.92. The van der Waals surface area contributed by atoms with E-state index in [4.69, 9.17) is 0 Å². The van der Waals surface area contributed by atoms with Crippen molar-refractivity contribution in [2.24, 2.45) is 0 Å². The van der Waals surface area contributed by atoms with E-state index in [0.29, 0.717) is 6.92 Å². The highest BCUT2D eigenvalue weighted by molar-refractivity contribution is 5.86. The first kappa shape index (κ1) is 14.4. The SMILES string of the molecule is CC(F)(F)C(=O)N[C@H]1CC(=O)NC1c1ccccc1F. The molecule has 4 nitrogen and oxygen atoms in total. The lowest BCUT2D eigenvalue weighted by Crippen LogP contribution is -2.45. The first-order valence-corrected chi connectivity index (χ1v) is 6.01. The quantitative estimate of drug-likeness (QED) is 0.885. The minimum absolute atomic E-state index is 0.156. The Morgan fingerprint density at radius 3 is 2.65 bits per heavy atom. The number of nitrogens with one attached hydrogen (secondary N) is 2. The van der Waals surface area contributed by atoms with Gasteiger partial charge in [-0.15, -0.1) is 0 Å². The molecular formula is C13H13F3N2O2. The van der Waals surface area contributed by atoms with E-state index in [1.54, 1.807) is 6.07 Å². The van der Waals surface area contributed by atoms with Crippen molar-refractivity contribution in [3.8, 4) is 0 Å². The van der Waals surface area contributed by atoms with Crippen LogP contribution in [0.5, 0.6) is 0 Å². The van der Waals surface area contributed by atoms with Gasteiger partial charge < -0.3 is 10.6 Å². The van der Waals surface area contributed by atoms with Gasteiger partial charge in [-0.1, -0.05) is 18.2 Å². The Labute approximate surface area is 113 Å². The molecule has 2 rings (SSSR count). The lowest BCUT2D eigenvalue weighted by molar-refractivity contribution is -0.143. The summed E-state index contributed by atoms with van der Waals surface area (Å²) < 4.78 is 39.5. The minimum Gasteiger partial charge on any atom is -0.347 e. The molecule has 20 heavy (non-hydrogen) atoms. The van der Waals surface area contributed by atoms with Crippen LogP contribution in [0.25, 0.3) is 0 Å². The number of hydrogen-bond acceptors (Lipinski definition) is 2. The molecule has 0 saturated carbocycles. The maximum atomic E-state index is 13.7. The number of carbonyl (C=O) groups excluding carboxylic acids is 2. The van der Waals surface area contributed by atoms with Crippen LogP contribution in [-0.2, 0) is 9.59 Å². The zero-order chi connectivity index (χ0) is 14.9. The van der Waals surface area contributed by atoms with Crippen LogP contribution in [0, 0.1) is 5.82 Å². The second-order valence-corrected chi connectivity index (χ2v) is 4.74. The molecule has 0 radical (unpaired) electrons. The molecule has 1 aromatic carbocycles. The van der Waals surface area contributed by atoms with Crippen LogP contribution in [0.15, 0.2) is 24.3 Å². The third-order valence-corrected chi connectivity index (χ3v) is 3.08. The zero-order valence-electron chi connectivity index (χ0n) is 10.6. The third-order valence-electron chi connectivity index (χ3n) is 3.08. The smallest absolute Gasteiger partial charge is 0.321 e. The molecule has 0 aromatic heterocycles.